The molecule has 5 aliphatic heterocycles. The molecule has 8 N–H and O–H groups in total. The number of hydrogen-bond acceptors (Lipinski definition) is 29. The highest BCUT2D eigenvalue weighted by molar-refractivity contribution is 7.90. The first-order chi connectivity index (χ1) is 63.4. The summed E-state index contributed by atoms with van der Waals surface area (Å²) in [6.45, 7) is 18.0. The second kappa shape index (κ2) is 51.5. The van der Waals surface area contributed by atoms with Gasteiger partial charge in [-0.25, -0.2) is 51.7 Å². The summed E-state index contributed by atoms with van der Waals surface area (Å²) in [6.07, 6.45) is 8.70. The van der Waals surface area contributed by atoms with Gasteiger partial charge < -0.3 is 39.0 Å². The molecule has 47 heteroatoms. The van der Waals surface area contributed by atoms with Gasteiger partial charge in [0.15, 0.2) is 23.7 Å². The number of ether oxygens (including phenoxy) is 5. The van der Waals surface area contributed by atoms with Crippen molar-refractivity contribution >= 4 is 155 Å². The lowest BCUT2D eigenvalue weighted by atomic mass is 9.90. The highest BCUT2D eigenvalue weighted by Gasteiger charge is 2.54. The molecule has 10 unspecified atom stereocenters. The number of carbonyl (C=O) groups is 8. The van der Waals surface area contributed by atoms with E-state index in [-0.39, 0.29) is 118 Å². The molecule has 2 aromatic heterocycles. The van der Waals surface area contributed by atoms with E-state index in [9.17, 15) is 80.4 Å². The number of halogens is 5. The number of nitrogens with one attached hydrogen (secondary N) is 2. The Hall–Kier alpha value is -9.16. The summed E-state index contributed by atoms with van der Waals surface area (Å²) in [7, 11) is -13.1. The average molecular weight is 2080 g/mol. The molecule has 37 nitrogen and oxygen atoms in total. The monoisotopic (exact) mass is 2070 g/mol. The Kier molecular flexibility index (Phi) is 43.7. The maximum absolute atomic E-state index is 13.4. The molecule has 3 fully saturated rings. The molecule has 3 saturated heterocycles. The Morgan fingerprint density at radius 1 is 0.363 bits per heavy atom. The van der Waals surface area contributed by atoms with Crippen LogP contribution in [0.2, 0.25) is 25.1 Å². The van der Waals surface area contributed by atoms with E-state index in [1.54, 1.807) is 106 Å². The lowest BCUT2D eigenvalue weighted by Crippen LogP contribution is -2.57. The molecular weight excluding hydrogens is 1960 g/mol. The predicted molar refractivity (Wildman–Crippen MR) is 506 cm³/mol. The van der Waals surface area contributed by atoms with E-state index < -0.39 is 140 Å². The molecule has 0 radical (unpaired) electrons. The molecule has 0 amide bonds. The molecule has 5 aromatic carbocycles. The van der Waals surface area contributed by atoms with Crippen molar-refractivity contribution in [3.8, 4) is 0 Å². The van der Waals surface area contributed by atoms with Crippen molar-refractivity contribution in [3.05, 3.63) is 205 Å². The number of ketones is 3. The number of sulfonamides is 5. The number of hydrazine groups is 1. The topological polar surface area (TPSA) is 517 Å². The highest BCUT2D eigenvalue weighted by atomic mass is 35.5. The zero-order chi connectivity index (χ0) is 99.8. The van der Waals surface area contributed by atoms with E-state index in [1.807, 2.05) is 13.8 Å². The van der Waals surface area contributed by atoms with E-state index in [0.717, 1.165) is 29.9 Å². The van der Waals surface area contributed by atoms with Crippen molar-refractivity contribution < 1.29 is 110 Å². The number of Topliss-reactive ketones (excluding diaryl/α,β-unsaturated/α-hetero) is 3. The van der Waals surface area contributed by atoms with Gasteiger partial charge in [-0.15, -0.1) is 0 Å². The van der Waals surface area contributed by atoms with E-state index in [2.05, 4.69) is 32.1 Å². The van der Waals surface area contributed by atoms with Crippen LogP contribution >= 0.6 is 58.0 Å². The SMILES string of the molecule is CCOC(=O)C1/C(=C/N(C)C)C(=O)CC(CC)N1S(=O)(=O)c1ccc(Cl)cc1.CCOC(=O)C1CC(=O)/C(=C\N(C)C)C(CC)N1S(=O)(=O)c1ccc(Cl)cc1.CCOC(=O)C1CC(=O)CC(CC)N1S(=O)(=O)c1ccc(Cl)cc1.CCOC(=O)C1Cc2[nH]ncc2C(CC)N1S(=O)(=O)c1ccc(Cl)cc1.CCOC(=O)C1c2cn[nH]c2CC(CC)N1S(=O)(=O)c1ccc(Cl)cc1.NN.O. The molecular formula is C88H116Cl5N13O24S5. The maximum atomic E-state index is 13.4. The van der Waals surface area contributed by atoms with Gasteiger partial charge in [-0.05, 0) is 188 Å². The molecule has 5 aliphatic rings. The van der Waals surface area contributed by atoms with Crippen LogP contribution in [-0.2, 0) is 125 Å². The largest absolute Gasteiger partial charge is 0.465 e. The number of carbonyl (C=O) groups excluding carboxylic acids is 8. The van der Waals surface area contributed by atoms with E-state index >= 15 is 0 Å². The zero-order valence-electron chi connectivity index (χ0n) is 76.9. The molecule has 742 valence electrons. The first-order valence-electron chi connectivity index (χ1n) is 42.9. The van der Waals surface area contributed by atoms with Crippen LogP contribution in [0.4, 0.5) is 0 Å². The number of nitrogens with two attached hydrogens (primary N) is 2. The summed E-state index contributed by atoms with van der Waals surface area (Å²) in [6, 6.07) is 20.4. The van der Waals surface area contributed by atoms with E-state index in [1.165, 1.54) is 142 Å². The van der Waals surface area contributed by atoms with Crippen LogP contribution in [0.1, 0.15) is 162 Å². The van der Waals surface area contributed by atoms with Gasteiger partial charge in [-0.3, -0.25) is 50.6 Å². The first-order valence-corrected chi connectivity index (χ1v) is 52.0. The highest BCUT2D eigenvalue weighted by Crippen LogP contribution is 2.43. The number of aromatic nitrogens is 4. The second-order valence-corrected chi connectivity index (χ2v) is 42.3. The molecule has 7 aromatic rings. The Morgan fingerprint density at radius 3 is 1.00 bits per heavy atom. The number of H-pyrrole nitrogens is 2. The molecule has 0 aliphatic carbocycles. The fourth-order valence-corrected chi connectivity index (χ4v) is 25.5. The fraction of sp³-hybridized carbons (Fsp3) is 0.455. The number of nitrogens with zero attached hydrogens (tertiary/aromatic N) is 9. The molecule has 0 bridgehead atoms. The van der Waals surface area contributed by atoms with Gasteiger partial charge in [0.1, 0.15) is 23.9 Å². The van der Waals surface area contributed by atoms with Crippen molar-refractivity contribution in [1.82, 2.24) is 51.7 Å². The second-order valence-electron chi connectivity index (χ2n) is 30.9. The minimum Gasteiger partial charge on any atom is -0.465 e. The van der Waals surface area contributed by atoms with Crippen molar-refractivity contribution in [2.24, 2.45) is 11.7 Å². The molecule has 10 atom stereocenters. The van der Waals surface area contributed by atoms with Crippen LogP contribution in [0.25, 0.3) is 0 Å². The van der Waals surface area contributed by atoms with Crippen LogP contribution in [0.15, 0.2) is 182 Å². The smallest absolute Gasteiger partial charge is 0.329 e. The minimum absolute atomic E-state index is 0. The Balaban J connectivity index is 0.000000258. The Morgan fingerprint density at radius 2 is 0.644 bits per heavy atom. The van der Waals surface area contributed by atoms with Gasteiger partial charge in [-0.2, -0.15) is 31.7 Å². The summed E-state index contributed by atoms with van der Waals surface area (Å²) >= 11 is 29.3. The third kappa shape index (κ3) is 27.5. The fourth-order valence-electron chi connectivity index (χ4n) is 15.8. The van der Waals surface area contributed by atoms with E-state index in [0.29, 0.717) is 74.8 Å². The maximum Gasteiger partial charge on any atom is 0.329 e. The third-order valence-electron chi connectivity index (χ3n) is 21.7. The summed E-state index contributed by atoms with van der Waals surface area (Å²) in [5.74, 6) is 3.98. The van der Waals surface area contributed by atoms with Crippen LogP contribution in [-0.4, -0.2) is 256 Å². The van der Waals surface area contributed by atoms with Gasteiger partial charge >= 0.3 is 29.8 Å². The Labute approximate surface area is 813 Å². The molecule has 0 saturated carbocycles. The van der Waals surface area contributed by atoms with Crippen LogP contribution < -0.4 is 11.7 Å². The third-order valence-corrected chi connectivity index (χ3v) is 32.7. The standard InChI is InChI=1S/2C19H25ClN2O5S.2C17H20ClN3O4S.C16H20ClNO5S.H4N2.H2O/c1-5-16-15(12-21(3)4)18(23)11-17(19(24)27-6-2)22(16)28(25,26)14-9-7-13(20)8-10-14;1-5-14-11-17(23)16(12-21(3)4)18(19(24)27-6-2)22(14)28(25,26)15-9-7-13(20)8-10-15;1-3-15-13-10-19-20-14(13)9-16(17(22)25-4-2)21(15)26(23,24)12-7-5-11(18)6-8-12;1-3-12-9-15-14(10-19-20-15)16(17(22)25-4-2)21(12)26(23,24)13-7-5-11(18)6-8-13;1-3-12-9-13(19)10-15(16(20)23-4-2)18(12)24(21,22)14-7-5-11(17)6-8-14;1-2;/h7-10,12,16-17H,5-6,11H2,1-4H3;7-10,12,14,18H,5-6,11H2,1-4H3;5-8,10,15-16H,3-4,9H2,1-2H3,(H,19,20);5-8,10,12,16H,3-4,9H2,1-2H3,(H,19,20);5-8,12,15H,3-4,9-10H2,1-2H3;1-2H2;1H2/b15-12-;16-12+;;;;;. The summed E-state index contributed by atoms with van der Waals surface area (Å²) in [5, 5.41) is 15.9. The molecule has 0 spiro atoms. The Bertz CT molecular complexity index is 5760. The number of benzene rings is 5. The number of piperidine rings is 3. The quantitative estimate of drug-likeness (QED) is 0.0122. The van der Waals surface area contributed by atoms with E-state index in [4.69, 9.17) is 81.7 Å². The zero-order valence-corrected chi connectivity index (χ0v) is 84.8. The van der Waals surface area contributed by atoms with Crippen molar-refractivity contribution in [1.29, 1.82) is 0 Å². The van der Waals surface area contributed by atoms with Crippen molar-refractivity contribution in [2.75, 3.05) is 61.2 Å². The first kappa shape index (κ1) is 115. The summed E-state index contributed by atoms with van der Waals surface area (Å²) in [4.78, 5) is 104. The van der Waals surface area contributed by atoms with Crippen molar-refractivity contribution in [2.45, 2.75) is 225 Å². The van der Waals surface area contributed by atoms with Gasteiger partial charge in [0.2, 0.25) is 50.1 Å². The number of hydrogen-bond donors (Lipinski definition) is 4. The van der Waals surface area contributed by atoms with Gasteiger partial charge in [0, 0.05) is 156 Å². The lowest BCUT2D eigenvalue weighted by molar-refractivity contribution is -0.152. The van der Waals surface area contributed by atoms with Gasteiger partial charge in [0.05, 0.1) is 82.0 Å². The van der Waals surface area contributed by atoms with Crippen LogP contribution in [0.5, 0.6) is 0 Å². The lowest BCUT2D eigenvalue weighted by Gasteiger charge is -2.40. The number of aromatic amines is 2. The summed E-state index contributed by atoms with van der Waals surface area (Å²) in [5.41, 5.74) is 3.29. The van der Waals surface area contributed by atoms with Crippen molar-refractivity contribution in [3.63, 3.8) is 0 Å². The molecule has 135 heavy (non-hydrogen) atoms. The molecule has 7 heterocycles. The minimum atomic E-state index is -4.08. The predicted octanol–water partition coefficient (Wildman–Crippen LogP) is 10.7. The van der Waals surface area contributed by atoms with Crippen LogP contribution in [0.3, 0.4) is 0 Å². The number of fused-ring (bicyclic) bond motifs is 2. The average Bonchev–Trinajstić information content (AvgIpc) is 1.43. The van der Waals surface area contributed by atoms with Gasteiger partial charge in [-0.1, -0.05) is 92.6 Å². The summed E-state index contributed by atoms with van der Waals surface area (Å²) < 4.78 is 165. The normalized spacial score (nSPS) is 21.2. The van der Waals surface area contributed by atoms with Crippen LogP contribution in [0, 0.1) is 0 Å². The van der Waals surface area contributed by atoms with Gasteiger partial charge in [0.25, 0.3) is 0 Å². The number of rotatable bonds is 27. The number of esters is 5. The molecule has 12 rings (SSSR count).